The molecule has 16 heavy (non-hydrogen) atoms. The molecule has 3 nitrogen and oxygen atoms in total. The number of hydrogen-bond donors (Lipinski definition) is 1. The molecule has 1 N–H and O–H groups in total. The predicted octanol–water partition coefficient (Wildman–Crippen LogP) is 2.08. The third-order valence-electron chi connectivity index (χ3n) is 2.81. The average molecular weight is 222 g/mol. The maximum atomic E-state index is 9.95. The van der Waals surface area contributed by atoms with E-state index in [2.05, 4.69) is 13.8 Å². The minimum absolute atomic E-state index is 0.175. The molecule has 0 aliphatic carbocycles. The molecule has 1 unspecified atom stereocenters. The van der Waals surface area contributed by atoms with Gasteiger partial charge in [0.25, 0.3) is 0 Å². The Morgan fingerprint density at radius 1 is 1.50 bits per heavy atom. The van der Waals surface area contributed by atoms with E-state index >= 15 is 0 Å². The smallest absolute Gasteiger partial charge is 0.129 e. The van der Waals surface area contributed by atoms with E-state index in [1.807, 2.05) is 18.2 Å². The number of methoxy groups -OCH3 is 1. The van der Waals surface area contributed by atoms with Gasteiger partial charge in [0.05, 0.1) is 6.61 Å². The summed E-state index contributed by atoms with van der Waals surface area (Å²) in [4.78, 5) is 0. The van der Waals surface area contributed by atoms with E-state index in [0.717, 1.165) is 23.3 Å². The standard InChI is InChI=1S/C13H18O3/c1-13(2)7-9-5-4-6-10(12(9)16-13)11(14)8-15-3/h4-6,11,14H,7-8H2,1-3H3. The molecular formula is C13H18O3. The second-order valence-corrected chi connectivity index (χ2v) is 4.85. The predicted molar refractivity (Wildman–Crippen MR) is 61.7 cm³/mol. The summed E-state index contributed by atoms with van der Waals surface area (Å²) in [7, 11) is 1.58. The SMILES string of the molecule is COCC(O)c1cccc2c1OC(C)(C)C2. The fourth-order valence-corrected chi connectivity index (χ4v) is 2.15. The Labute approximate surface area is 96.0 Å². The van der Waals surface area contributed by atoms with Crippen molar-refractivity contribution in [3.8, 4) is 5.75 Å². The molecule has 0 bridgehead atoms. The highest BCUT2D eigenvalue weighted by Crippen LogP contribution is 2.39. The van der Waals surface area contributed by atoms with Crippen LogP contribution in [0, 0.1) is 0 Å². The fourth-order valence-electron chi connectivity index (χ4n) is 2.15. The van der Waals surface area contributed by atoms with Crippen molar-refractivity contribution in [3.05, 3.63) is 29.3 Å². The van der Waals surface area contributed by atoms with Crippen LogP contribution in [-0.4, -0.2) is 24.4 Å². The first-order valence-corrected chi connectivity index (χ1v) is 5.51. The van der Waals surface area contributed by atoms with Crippen molar-refractivity contribution in [2.75, 3.05) is 13.7 Å². The third-order valence-corrected chi connectivity index (χ3v) is 2.81. The van der Waals surface area contributed by atoms with Gasteiger partial charge in [0, 0.05) is 19.1 Å². The Morgan fingerprint density at radius 2 is 2.25 bits per heavy atom. The molecule has 0 fully saturated rings. The van der Waals surface area contributed by atoms with Gasteiger partial charge in [0.1, 0.15) is 17.5 Å². The first-order valence-electron chi connectivity index (χ1n) is 5.51. The lowest BCUT2D eigenvalue weighted by atomic mass is 9.99. The van der Waals surface area contributed by atoms with E-state index in [0.29, 0.717) is 6.61 Å². The summed E-state index contributed by atoms with van der Waals surface area (Å²) < 4.78 is 10.8. The number of aliphatic hydroxyl groups is 1. The van der Waals surface area contributed by atoms with Crippen molar-refractivity contribution in [1.29, 1.82) is 0 Å². The van der Waals surface area contributed by atoms with Crippen molar-refractivity contribution >= 4 is 0 Å². The molecule has 0 aromatic heterocycles. The minimum Gasteiger partial charge on any atom is -0.487 e. The number of hydrogen-bond acceptors (Lipinski definition) is 3. The zero-order valence-corrected chi connectivity index (χ0v) is 9.99. The molecule has 0 saturated heterocycles. The van der Waals surface area contributed by atoms with Crippen LogP contribution in [0.5, 0.6) is 5.75 Å². The molecule has 0 saturated carbocycles. The third kappa shape index (κ3) is 2.06. The van der Waals surface area contributed by atoms with E-state index in [1.54, 1.807) is 7.11 Å². The highest BCUT2D eigenvalue weighted by molar-refractivity contribution is 5.46. The van der Waals surface area contributed by atoms with Crippen LogP contribution in [0.2, 0.25) is 0 Å². The summed E-state index contributed by atoms with van der Waals surface area (Å²) >= 11 is 0. The normalized spacial score (nSPS) is 19.0. The molecule has 1 aliphatic heterocycles. The fraction of sp³-hybridized carbons (Fsp3) is 0.538. The zero-order chi connectivity index (χ0) is 11.8. The number of rotatable bonds is 3. The Balaban J connectivity index is 2.33. The number of fused-ring (bicyclic) bond motifs is 1. The molecule has 0 radical (unpaired) electrons. The van der Waals surface area contributed by atoms with Gasteiger partial charge >= 0.3 is 0 Å². The second kappa shape index (κ2) is 4.07. The number of benzene rings is 1. The van der Waals surface area contributed by atoms with Crippen LogP contribution < -0.4 is 4.74 Å². The Morgan fingerprint density at radius 3 is 2.94 bits per heavy atom. The van der Waals surface area contributed by atoms with E-state index in [4.69, 9.17) is 9.47 Å². The maximum Gasteiger partial charge on any atom is 0.129 e. The van der Waals surface area contributed by atoms with Gasteiger partial charge in [-0.3, -0.25) is 0 Å². The van der Waals surface area contributed by atoms with Crippen LogP contribution in [0.3, 0.4) is 0 Å². The van der Waals surface area contributed by atoms with Crippen molar-refractivity contribution in [3.63, 3.8) is 0 Å². The van der Waals surface area contributed by atoms with Gasteiger partial charge in [-0.2, -0.15) is 0 Å². The first kappa shape index (κ1) is 11.4. The highest BCUT2D eigenvalue weighted by Gasteiger charge is 2.32. The summed E-state index contributed by atoms with van der Waals surface area (Å²) in [5, 5.41) is 9.95. The van der Waals surface area contributed by atoms with Gasteiger partial charge in [-0.1, -0.05) is 18.2 Å². The van der Waals surface area contributed by atoms with Gasteiger partial charge in [-0.25, -0.2) is 0 Å². The molecule has 88 valence electrons. The molecular weight excluding hydrogens is 204 g/mol. The van der Waals surface area contributed by atoms with Crippen LogP contribution in [0.15, 0.2) is 18.2 Å². The van der Waals surface area contributed by atoms with Gasteiger partial charge < -0.3 is 14.6 Å². The number of aliphatic hydroxyl groups excluding tert-OH is 1. The van der Waals surface area contributed by atoms with Crippen LogP contribution >= 0.6 is 0 Å². The quantitative estimate of drug-likeness (QED) is 0.851. The van der Waals surface area contributed by atoms with E-state index in [1.165, 1.54) is 0 Å². The second-order valence-electron chi connectivity index (χ2n) is 4.85. The average Bonchev–Trinajstić information content (AvgIpc) is 2.51. The lowest BCUT2D eigenvalue weighted by Crippen LogP contribution is -2.25. The van der Waals surface area contributed by atoms with Crippen molar-refractivity contribution in [1.82, 2.24) is 0 Å². The molecule has 1 heterocycles. The molecule has 3 heteroatoms. The van der Waals surface area contributed by atoms with E-state index in [-0.39, 0.29) is 5.60 Å². The Bertz CT molecular complexity index is 385. The van der Waals surface area contributed by atoms with Gasteiger partial charge in [-0.15, -0.1) is 0 Å². The van der Waals surface area contributed by atoms with E-state index in [9.17, 15) is 5.11 Å². The summed E-state index contributed by atoms with van der Waals surface area (Å²) in [5.41, 5.74) is 1.81. The van der Waals surface area contributed by atoms with Crippen molar-refractivity contribution in [2.24, 2.45) is 0 Å². The summed E-state index contributed by atoms with van der Waals surface area (Å²) in [6, 6.07) is 5.90. The van der Waals surface area contributed by atoms with Crippen molar-refractivity contribution < 1.29 is 14.6 Å². The van der Waals surface area contributed by atoms with Crippen LogP contribution in [0.1, 0.15) is 31.1 Å². The number of para-hydroxylation sites is 1. The lowest BCUT2D eigenvalue weighted by Gasteiger charge is -2.19. The first-order chi connectivity index (χ1) is 7.53. The molecule has 2 rings (SSSR count). The van der Waals surface area contributed by atoms with Crippen LogP contribution in [0.4, 0.5) is 0 Å². The van der Waals surface area contributed by atoms with E-state index < -0.39 is 6.10 Å². The molecule has 1 aromatic carbocycles. The molecule has 1 aromatic rings. The Hall–Kier alpha value is -1.06. The summed E-state index contributed by atoms with van der Waals surface area (Å²) in [6.07, 6.45) is 0.268. The summed E-state index contributed by atoms with van der Waals surface area (Å²) in [5.74, 6) is 0.831. The monoisotopic (exact) mass is 222 g/mol. The van der Waals surface area contributed by atoms with Crippen molar-refractivity contribution in [2.45, 2.75) is 32.0 Å². The van der Waals surface area contributed by atoms with Gasteiger partial charge in [0.2, 0.25) is 0 Å². The Kier molecular flexibility index (Phi) is 2.91. The van der Waals surface area contributed by atoms with Crippen LogP contribution in [-0.2, 0) is 11.2 Å². The number of ether oxygens (including phenoxy) is 2. The molecule has 1 aliphatic rings. The maximum absolute atomic E-state index is 9.95. The largest absolute Gasteiger partial charge is 0.487 e. The topological polar surface area (TPSA) is 38.7 Å². The zero-order valence-electron chi connectivity index (χ0n) is 9.99. The lowest BCUT2D eigenvalue weighted by molar-refractivity contribution is 0.0594. The van der Waals surface area contributed by atoms with Gasteiger partial charge in [0.15, 0.2) is 0 Å². The molecule has 1 atom stereocenters. The van der Waals surface area contributed by atoms with Gasteiger partial charge in [-0.05, 0) is 19.4 Å². The highest BCUT2D eigenvalue weighted by atomic mass is 16.5. The molecule has 0 amide bonds. The van der Waals surface area contributed by atoms with Crippen LogP contribution in [0.25, 0.3) is 0 Å². The minimum atomic E-state index is -0.617. The summed E-state index contributed by atoms with van der Waals surface area (Å²) in [6.45, 7) is 4.40. The molecule has 0 spiro atoms.